The number of hydrazone groups is 1. The summed E-state index contributed by atoms with van der Waals surface area (Å²) >= 11 is 0. The van der Waals surface area contributed by atoms with Crippen LogP contribution in [-0.2, 0) is 9.59 Å². The van der Waals surface area contributed by atoms with Gasteiger partial charge < -0.3 is 5.32 Å². The Morgan fingerprint density at radius 2 is 1.87 bits per heavy atom. The molecule has 8 nitrogen and oxygen atoms in total. The van der Waals surface area contributed by atoms with Crippen molar-refractivity contribution in [3.8, 4) is 0 Å². The molecule has 8 heteroatoms. The molecule has 0 heterocycles. The molecule has 122 valence electrons. The fourth-order valence-electron chi connectivity index (χ4n) is 2.47. The normalized spacial score (nSPS) is 15.3. The van der Waals surface area contributed by atoms with Crippen molar-refractivity contribution in [2.75, 3.05) is 0 Å². The molecule has 0 bridgehead atoms. The number of nitro groups is 1. The molecule has 0 atom stereocenters. The molecule has 1 aromatic carbocycles. The summed E-state index contributed by atoms with van der Waals surface area (Å²) in [5.41, 5.74) is 2.20. The molecule has 0 unspecified atom stereocenters. The Hall–Kier alpha value is -2.77. The maximum Gasteiger partial charge on any atom is 0.329 e. The van der Waals surface area contributed by atoms with Crippen LogP contribution >= 0.6 is 0 Å². The largest absolute Gasteiger partial charge is 0.345 e. The molecule has 0 radical (unpaired) electrons. The van der Waals surface area contributed by atoms with Crippen LogP contribution in [0.5, 0.6) is 0 Å². The van der Waals surface area contributed by atoms with Gasteiger partial charge in [-0.3, -0.25) is 19.7 Å². The van der Waals surface area contributed by atoms with Gasteiger partial charge in [0.1, 0.15) is 0 Å². The van der Waals surface area contributed by atoms with Gasteiger partial charge in [0.05, 0.1) is 16.7 Å². The van der Waals surface area contributed by atoms with E-state index in [1.54, 1.807) is 6.07 Å². The summed E-state index contributed by atoms with van der Waals surface area (Å²) in [5, 5.41) is 17.1. The Morgan fingerprint density at radius 3 is 2.57 bits per heavy atom. The van der Waals surface area contributed by atoms with Gasteiger partial charge in [-0.1, -0.05) is 31.4 Å². The molecule has 2 rings (SSSR count). The van der Waals surface area contributed by atoms with Crippen molar-refractivity contribution in [1.29, 1.82) is 0 Å². The number of hydrogen-bond acceptors (Lipinski definition) is 5. The van der Waals surface area contributed by atoms with Crippen LogP contribution in [-0.4, -0.2) is 29.0 Å². The molecule has 1 aromatic rings. The van der Waals surface area contributed by atoms with E-state index in [0.717, 1.165) is 38.3 Å². The Balaban J connectivity index is 1.88. The fraction of sp³-hybridized carbons (Fsp3) is 0.400. The second-order valence-electron chi connectivity index (χ2n) is 5.32. The fourth-order valence-corrected chi connectivity index (χ4v) is 2.47. The van der Waals surface area contributed by atoms with Gasteiger partial charge in [-0.2, -0.15) is 5.10 Å². The maximum absolute atomic E-state index is 11.7. The van der Waals surface area contributed by atoms with Crippen LogP contribution in [0.3, 0.4) is 0 Å². The van der Waals surface area contributed by atoms with E-state index < -0.39 is 16.7 Å². The molecule has 23 heavy (non-hydrogen) atoms. The Labute approximate surface area is 133 Å². The summed E-state index contributed by atoms with van der Waals surface area (Å²) in [7, 11) is 0. The number of hydrogen-bond donors (Lipinski definition) is 2. The molecule has 2 N–H and O–H groups in total. The minimum Gasteiger partial charge on any atom is -0.345 e. The number of nitro benzene ring substituents is 1. The highest BCUT2D eigenvalue weighted by Gasteiger charge is 2.20. The Kier molecular flexibility index (Phi) is 5.79. The number of benzene rings is 1. The summed E-state index contributed by atoms with van der Waals surface area (Å²) in [5.74, 6) is -1.62. The van der Waals surface area contributed by atoms with Gasteiger partial charge in [0.25, 0.3) is 5.69 Å². The van der Waals surface area contributed by atoms with E-state index in [0.29, 0.717) is 0 Å². The van der Waals surface area contributed by atoms with Crippen molar-refractivity contribution in [3.05, 3.63) is 39.9 Å². The van der Waals surface area contributed by atoms with E-state index in [-0.39, 0.29) is 17.3 Å². The van der Waals surface area contributed by atoms with Crippen LogP contribution in [0.25, 0.3) is 0 Å². The lowest BCUT2D eigenvalue weighted by atomic mass is 9.95. The third-order valence-corrected chi connectivity index (χ3v) is 3.65. The molecule has 2 amide bonds. The van der Waals surface area contributed by atoms with E-state index >= 15 is 0 Å². The van der Waals surface area contributed by atoms with Crippen LogP contribution in [0.2, 0.25) is 0 Å². The highest BCUT2D eigenvalue weighted by Crippen LogP contribution is 2.17. The molecule has 1 fully saturated rings. The lowest BCUT2D eigenvalue weighted by Gasteiger charge is -2.22. The smallest absolute Gasteiger partial charge is 0.329 e. The van der Waals surface area contributed by atoms with Crippen LogP contribution in [0.15, 0.2) is 29.4 Å². The average molecular weight is 318 g/mol. The molecule has 1 aliphatic rings. The predicted octanol–water partition coefficient (Wildman–Crippen LogP) is 1.49. The molecular formula is C15H18N4O4. The first-order valence-corrected chi connectivity index (χ1v) is 7.45. The third-order valence-electron chi connectivity index (χ3n) is 3.65. The zero-order valence-electron chi connectivity index (χ0n) is 12.5. The van der Waals surface area contributed by atoms with Crippen molar-refractivity contribution in [2.24, 2.45) is 5.10 Å². The summed E-state index contributed by atoms with van der Waals surface area (Å²) in [6, 6.07) is 6.01. The summed E-state index contributed by atoms with van der Waals surface area (Å²) in [6.07, 6.45) is 6.13. The van der Waals surface area contributed by atoms with Gasteiger partial charge in [0, 0.05) is 12.1 Å². The molecule has 1 aliphatic carbocycles. The van der Waals surface area contributed by atoms with E-state index in [1.807, 2.05) is 0 Å². The lowest BCUT2D eigenvalue weighted by Crippen LogP contribution is -2.44. The first-order valence-electron chi connectivity index (χ1n) is 7.45. The van der Waals surface area contributed by atoms with E-state index in [4.69, 9.17) is 0 Å². The Bertz CT molecular complexity index is 624. The van der Waals surface area contributed by atoms with Crippen molar-refractivity contribution in [2.45, 2.75) is 38.1 Å². The zero-order valence-corrected chi connectivity index (χ0v) is 12.5. The van der Waals surface area contributed by atoms with Gasteiger partial charge in [0.15, 0.2) is 0 Å². The second-order valence-corrected chi connectivity index (χ2v) is 5.32. The Morgan fingerprint density at radius 1 is 1.17 bits per heavy atom. The number of rotatable bonds is 4. The number of nitrogens with zero attached hydrogens (tertiary/aromatic N) is 2. The minimum absolute atomic E-state index is 0.0289. The van der Waals surface area contributed by atoms with E-state index in [2.05, 4.69) is 15.8 Å². The van der Waals surface area contributed by atoms with Crippen LogP contribution in [0, 0.1) is 10.1 Å². The van der Waals surface area contributed by atoms with Gasteiger partial charge >= 0.3 is 11.8 Å². The summed E-state index contributed by atoms with van der Waals surface area (Å²) in [4.78, 5) is 33.7. The van der Waals surface area contributed by atoms with Gasteiger partial charge in [-0.25, -0.2) is 5.43 Å². The van der Waals surface area contributed by atoms with Crippen LogP contribution in [0.1, 0.15) is 37.7 Å². The molecule has 0 aliphatic heterocycles. The van der Waals surface area contributed by atoms with Crippen molar-refractivity contribution < 1.29 is 14.5 Å². The van der Waals surface area contributed by atoms with E-state index in [1.165, 1.54) is 18.2 Å². The van der Waals surface area contributed by atoms with Crippen molar-refractivity contribution in [3.63, 3.8) is 0 Å². The van der Waals surface area contributed by atoms with Gasteiger partial charge in [-0.15, -0.1) is 0 Å². The van der Waals surface area contributed by atoms with Crippen molar-refractivity contribution >= 4 is 23.7 Å². The highest BCUT2D eigenvalue weighted by atomic mass is 16.6. The third kappa shape index (κ3) is 4.87. The lowest BCUT2D eigenvalue weighted by molar-refractivity contribution is -0.385. The average Bonchev–Trinajstić information content (AvgIpc) is 2.56. The maximum atomic E-state index is 11.7. The number of carbonyl (C=O) groups excluding carboxylic acids is 2. The highest BCUT2D eigenvalue weighted by molar-refractivity contribution is 6.35. The molecule has 1 saturated carbocycles. The van der Waals surface area contributed by atoms with Gasteiger partial charge in [0.2, 0.25) is 0 Å². The SMILES string of the molecule is O=C(N/N=C\c1ccccc1[N+](=O)[O-])C(=O)NC1CCCCC1. The first kappa shape index (κ1) is 16.6. The quantitative estimate of drug-likeness (QED) is 0.379. The minimum atomic E-state index is -0.884. The number of para-hydroxylation sites is 1. The monoisotopic (exact) mass is 318 g/mol. The van der Waals surface area contributed by atoms with Crippen molar-refractivity contribution in [1.82, 2.24) is 10.7 Å². The predicted molar refractivity (Wildman–Crippen MR) is 83.8 cm³/mol. The summed E-state index contributed by atoms with van der Waals surface area (Å²) < 4.78 is 0. The van der Waals surface area contributed by atoms with E-state index in [9.17, 15) is 19.7 Å². The zero-order chi connectivity index (χ0) is 16.7. The number of carbonyl (C=O) groups is 2. The second kappa shape index (κ2) is 8.02. The van der Waals surface area contributed by atoms with Crippen LogP contribution in [0.4, 0.5) is 5.69 Å². The topological polar surface area (TPSA) is 114 Å². The number of nitrogens with one attached hydrogen (secondary N) is 2. The number of amides is 2. The molecule has 0 aromatic heterocycles. The molecule has 0 spiro atoms. The standard InChI is InChI=1S/C15H18N4O4/c20-14(17-12-7-2-1-3-8-12)15(21)18-16-10-11-6-4-5-9-13(11)19(22)23/h4-6,9-10,12H,1-3,7-8H2,(H,17,20)(H,18,21)/b16-10-. The first-order chi connectivity index (χ1) is 11.1. The molecule has 0 saturated heterocycles. The van der Waals surface area contributed by atoms with Gasteiger partial charge in [-0.05, 0) is 18.9 Å². The summed E-state index contributed by atoms with van der Waals surface area (Å²) in [6.45, 7) is 0. The van der Waals surface area contributed by atoms with Crippen LogP contribution < -0.4 is 10.7 Å². The molecular weight excluding hydrogens is 300 g/mol.